The van der Waals surface area contributed by atoms with Crippen molar-refractivity contribution in [1.29, 1.82) is 0 Å². The minimum atomic E-state index is -0.238. The monoisotopic (exact) mass is 462 g/mol. The molecule has 0 saturated carbocycles. The zero-order chi connectivity index (χ0) is 23.2. The molecule has 3 aromatic carbocycles. The number of pyridine rings is 1. The lowest BCUT2D eigenvalue weighted by Gasteiger charge is -2.11. The lowest BCUT2D eigenvalue weighted by Crippen LogP contribution is -2.09. The van der Waals surface area contributed by atoms with Gasteiger partial charge in [0, 0.05) is 32.6 Å². The Morgan fingerprint density at radius 2 is 1.68 bits per heavy atom. The van der Waals surface area contributed by atoms with Gasteiger partial charge in [-0.25, -0.2) is 9.97 Å². The van der Waals surface area contributed by atoms with E-state index < -0.39 is 0 Å². The molecule has 0 radical (unpaired) electrons. The molecule has 0 spiro atoms. The van der Waals surface area contributed by atoms with Gasteiger partial charge >= 0.3 is 0 Å². The van der Waals surface area contributed by atoms with Crippen LogP contribution in [0.1, 0.15) is 5.56 Å². The number of nitrogens with one attached hydrogen (secondary N) is 2. The Morgan fingerprint density at radius 1 is 0.882 bits per heavy atom. The minimum Gasteiger partial charge on any atom is -0.354 e. The number of hydrogen-bond acceptors (Lipinski definition) is 3. The molecule has 0 amide bonds. The summed E-state index contributed by atoms with van der Waals surface area (Å²) in [4.78, 5) is 28.5. The highest BCUT2D eigenvalue weighted by Gasteiger charge is 2.21. The smallest absolute Gasteiger partial charge is 0.260 e. The number of aryl methyl sites for hydroxylation is 1. The molecule has 6 heteroatoms. The molecule has 0 atom stereocenters. The van der Waals surface area contributed by atoms with Crippen LogP contribution in [0.25, 0.3) is 55.6 Å². The van der Waals surface area contributed by atoms with E-state index in [1.807, 2.05) is 85.8 Å². The van der Waals surface area contributed by atoms with E-state index >= 15 is 0 Å². The van der Waals surface area contributed by atoms with Crippen LogP contribution >= 0.6 is 11.6 Å². The van der Waals surface area contributed by atoms with Gasteiger partial charge in [0.15, 0.2) is 5.65 Å². The van der Waals surface area contributed by atoms with Crippen LogP contribution in [0, 0.1) is 6.92 Å². The van der Waals surface area contributed by atoms with Gasteiger partial charge in [0.25, 0.3) is 5.56 Å². The maximum atomic E-state index is 13.1. The van der Waals surface area contributed by atoms with E-state index in [4.69, 9.17) is 16.6 Å². The Kier molecular flexibility index (Phi) is 4.78. The van der Waals surface area contributed by atoms with Crippen molar-refractivity contribution < 1.29 is 0 Å². The van der Waals surface area contributed by atoms with Crippen LogP contribution in [0.5, 0.6) is 0 Å². The van der Waals surface area contributed by atoms with Crippen molar-refractivity contribution in [3.63, 3.8) is 0 Å². The Balaban J connectivity index is 1.76. The standard InChI is InChI=1S/C28H19ClN4O/c1-16-7-9-17(10-8-16)23-14-21(25-27(33-23)30-15-31-28(25)34)24-20-13-19(29)11-12-22(20)32-26(24)18-5-3-2-4-6-18/h2-15,32H,1H3,(H,30,31,33,34). The van der Waals surface area contributed by atoms with Gasteiger partial charge in [0.1, 0.15) is 0 Å². The molecule has 3 heterocycles. The summed E-state index contributed by atoms with van der Waals surface area (Å²) in [6.45, 7) is 2.05. The van der Waals surface area contributed by atoms with Crippen molar-refractivity contribution in [3.05, 3.63) is 106 Å². The summed E-state index contributed by atoms with van der Waals surface area (Å²) in [5.74, 6) is 0. The maximum Gasteiger partial charge on any atom is 0.260 e. The van der Waals surface area contributed by atoms with Crippen molar-refractivity contribution in [2.45, 2.75) is 6.92 Å². The van der Waals surface area contributed by atoms with Crippen LogP contribution in [-0.4, -0.2) is 19.9 Å². The number of halogens is 1. The van der Waals surface area contributed by atoms with E-state index in [2.05, 4.69) is 15.0 Å². The lowest BCUT2D eigenvalue weighted by atomic mass is 9.95. The fourth-order valence-corrected chi connectivity index (χ4v) is 4.58. The van der Waals surface area contributed by atoms with Crippen molar-refractivity contribution >= 4 is 33.5 Å². The van der Waals surface area contributed by atoms with Gasteiger partial charge in [-0.15, -0.1) is 0 Å². The molecular weight excluding hydrogens is 444 g/mol. The first-order valence-electron chi connectivity index (χ1n) is 10.9. The minimum absolute atomic E-state index is 0.238. The number of fused-ring (bicyclic) bond motifs is 2. The molecule has 3 aromatic heterocycles. The van der Waals surface area contributed by atoms with Crippen LogP contribution in [-0.2, 0) is 0 Å². The molecule has 34 heavy (non-hydrogen) atoms. The summed E-state index contributed by atoms with van der Waals surface area (Å²) >= 11 is 6.42. The van der Waals surface area contributed by atoms with Crippen molar-refractivity contribution in [2.75, 3.05) is 0 Å². The first-order chi connectivity index (χ1) is 16.6. The zero-order valence-electron chi connectivity index (χ0n) is 18.3. The van der Waals surface area contributed by atoms with E-state index in [-0.39, 0.29) is 5.56 Å². The zero-order valence-corrected chi connectivity index (χ0v) is 19.0. The molecular formula is C28H19ClN4O. The number of H-pyrrole nitrogens is 2. The number of hydrogen-bond donors (Lipinski definition) is 2. The van der Waals surface area contributed by atoms with Gasteiger partial charge < -0.3 is 9.97 Å². The summed E-state index contributed by atoms with van der Waals surface area (Å²) in [5.41, 5.74) is 7.51. The average Bonchev–Trinajstić information content (AvgIpc) is 3.23. The second-order valence-corrected chi connectivity index (χ2v) is 8.72. The van der Waals surface area contributed by atoms with Crippen molar-refractivity contribution in [3.8, 4) is 33.6 Å². The van der Waals surface area contributed by atoms with Gasteiger partial charge in [-0.2, -0.15) is 0 Å². The molecule has 2 N–H and O–H groups in total. The fourth-order valence-electron chi connectivity index (χ4n) is 4.41. The second kappa shape index (κ2) is 7.97. The molecule has 0 aliphatic rings. The third kappa shape index (κ3) is 3.38. The molecule has 0 fully saturated rings. The molecule has 0 aliphatic heterocycles. The molecule has 164 valence electrons. The first kappa shape index (κ1) is 20.4. The number of rotatable bonds is 3. The van der Waals surface area contributed by atoms with Gasteiger partial charge in [-0.3, -0.25) is 4.79 Å². The molecule has 6 rings (SSSR count). The molecule has 5 nitrogen and oxygen atoms in total. The van der Waals surface area contributed by atoms with E-state index in [0.717, 1.165) is 50.1 Å². The number of nitrogens with zero attached hydrogens (tertiary/aromatic N) is 2. The molecule has 0 saturated heterocycles. The third-order valence-corrected chi connectivity index (χ3v) is 6.28. The molecule has 0 bridgehead atoms. The second-order valence-electron chi connectivity index (χ2n) is 8.28. The Bertz CT molecular complexity index is 1740. The summed E-state index contributed by atoms with van der Waals surface area (Å²) < 4.78 is 0. The summed E-state index contributed by atoms with van der Waals surface area (Å²) in [6, 6.07) is 25.9. The van der Waals surface area contributed by atoms with Gasteiger partial charge in [0.05, 0.1) is 23.1 Å². The van der Waals surface area contributed by atoms with E-state index in [0.29, 0.717) is 16.1 Å². The van der Waals surface area contributed by atoms with E-state index in [1.54, 1.807) is 0 Å². The van der Waals surface area contributed by atoms with Crippen LogP contribution in [0.3, 0.4) is 0 Å². The van der Waals surface area contributed by atoms with Crippen LogP contribution in [0.15, 0.2) is 90.0 Å². The van der Waals surface area contributed by atoms with Crippen LogP contribution in [0.4, 0.5) is 0 Å². The van der Waals surface area contributed by atoms with E-state index in [9.17, 15) is 4.79 Å². The summed E-state index contributed by atoms with van der Waals surface area (Å²) in [5, 5.41) is 1.99. The maximum absolute atomic E-state index is 13.1. The average molecular weight is 463 g/mol. The number of aromatic nitrogens is 4. The molecule has 0 unspecified atom stereocenters. The Hall–Kier alpha value is -4.22. The first-order valence-corrected chi connectivity index (χ1v) is 11.3. The van der Waals surface area contributed by atoms with Crippen LogP contribution in [0.2, 0.25) is 5.02 Å². The Morgan fingerprint density at radius 3 is 2.47 bits per heavy atom. The normalized spacial score (nSPS) is 11.4. The summed E-state index contributed by atoms with van der Waals surface area (Å²) in [6.07, 6.45) is 1.39. The fraction of sp³-hybridized carbons (Fsp3) is 0.0357. The molecule has 6 aromatic rings. The Labute approximate surface area is 200 Å². The highest BCUT2D eigenvalue weighted by Crippen LogP contribution is 2.42. The van der Waals surface area contributed by atoms with Crippen LogP contribution < -0.4 is 5.56 Å². The quantitative estimate of drug-likeness (QED) is 0.305. The highest BCUT2D eigenvalue weighted by molar-refractivity contribution is 6.31. The van der Waals surface area contributed by atoms with Gasteiger partial charge in [0.2, 0.25) is 0 Å². The number of benzene rings is 3. The predicted molar refractivity (Wildman–Crippen MR) is 138 cm³/mol. The predicted octanol–water partition coefficient (Wildman–Crippen LogP) is 6.76. The van der Waals surface area contributed by atoms with Gasteiger partial charge in [-0.05, 0) is 36.8 Å². The number of aromatic amines is 2. The third-order valence-electron chi connectivity index (χ3n) is 6.05. The molecule has 0 aliphatic carbocycles. The van der Waals surface area contributed by atoms with E-state index in [1.165, 1.54) is 6.33 Å². The van der Waals surface area contributed by atoms with Crippen molar-refractivity contribution in [1.82, 2.24) is 19.9 Å². The summed E-state index contributed by atoms with van der Waals surface area (Å²) in [7, 11) is 0. The SMILES string of the molecule is Cc1ccc(-c2cc(-c3c(-c4ccccc4)[nH]c4ccc(Cl)cc34)c3c(=O)[nH]cnc3n2)cc1. The largest absolute Gasteiger partial charge is 0.354 e. The lowest BCUT2D eigenvalue weighted by molar-refractivity contribution is 1.14. The topological polar surface area (TPSA) is 74.4 Å². The van der Waals surface area contributed by atoms with Gasteiger partial charge in [-0.1, -0.05) is 71.8 Å². The van der Waals surface area contributed by atoms with Crippen molar-refractivity contribution in [2.24, 2.45) is 0 Å². The highest BCUT2D eigenvalue weighted by atomic mass is 35.5.